The number of fused-ring (bicyclic) bond motifs is 3. The first-order chi connectivity index (χ1) is 14.2. The van der Waals surface area contributed by atoms with E-state index in [0.717, 1.165) is 34.5 Å². The lowest BCUT2D eigenvalue weighted by Crippen LogP contribution is -2.13. The second-order valence-electron chi connectivity index (χ2n) is 7.67. The monoisotopic (exact) mass is 377 g/mol. The minimum atomic E-state index is 0.776. The van der Waals surface area contributed by atoms with Crippen molar-refractivity contribution in [2.75, 3.05) is 14.1 Å². The number of H-pyrrole nitrogens is 1. The Bertz CT molecular complexity index is 1290. The lowest BCUT2D eigenvalue weighted by atomic mass is 9.94. The van der Waals surface area contributed by atoms with Crippen LogP contribution in [0.3, 0.4) is 0 Å². The summed E-state index contributed by atoms with van der Waals surface area (Å²) in [6, 6.07) is 29.7. The number of pyridine rings is 1. The molecule has 142 valence electrons. The van der Waals surface area contributed by atoms with Crippen molar-refractivity contribution in [2.24, 2.45) is 0 Å². The molecule has 0 radical (unpaired) electrons. The largest absolute Gasteiger partial charge is 0.353 e. The molecule has 0 saturated heterocycles. The van der Waals surface area contributed by atoms with Gasteiger partial charge in [0.15, 0.2) is 0 Å². The zero-order chi connectivity index (χ0) is 19.8. The number of aromatic nitrogens is 2. The number of hydrogen-bond donors (Lipinski definition) is 1. The molecule has 0 aliphatic carbocycles. The second-order valence-corrected chi connectivity index (χ2v) is 7.67. The van der Waals surface area contributed by atoms with Crippen molar-refractivity contribution < 1.29 is 0 Å². The highest BCUT2D eigenvalue weighted by molar-refractivity contribution is 6.17. The molecule has 2 aromatic heterocycles. The van der Waals surface area contributed by atoms with E-state index in [1.165, 1.54) is 21.9 Å². The van der Waals surface area contributed by atoms with Crippen LogP contribution in [0.25, 0.3) is 44.2 Å². The quantitative estimate of drug-likeness (QED) is 0.410. The van der Waals surface area contributed by atoms with Crippen LogP contribution in [-0.4, -0.2) is 29.0 Å². The molecule has 0 amide bonds. The van der Waals surface area contributed by atoms with E-state index in [1.54, 1.807) is 0 Å². The number of para-hydroxylation sites is 1. The Morgan fingerprint density at radius 3 is 2.07 bits per heavy atom. The summed E-state index contributed by atoms with van der Waals surface area (Å²) in [6.45, 7) is 0.776. The molecule has 0 saturated carbocycles. The summed E-state index contributed by atoms with van der Waals surface area (Å²) in [5.74, 6) is 0. The molecule has 3 nitrogen and oxygen atoms in total. The molecule has 3 heteroatoms. The molecule has 0 fully saturated rings. The van der Waals surface area contributed by atoms with Crippen molar-refractivity contribution in [1.82, 2.24) is 14.9 Å². The number of rotatable bonds is 4. The van der Waals surface area contributed by atoms with Crippen molar-refractivity contribution in [3.63, 3.8) is 0 Å². The first-order valence-electron chi connectivity index (χ1n) is 9.91. The summed E-state index contributed by atoms with van der Waals surface area (Å²) in [5.41, 5.74) is 7.88. The van der Waals surface area contributed by atoms with Gasteiger partial charge in [0.2, 0.25) is 0 Å². The van der Waals surface area contributed by atoms with Gasteiger partial charge in [-0.3, -0.25) is 0 Å². The van der Waals surface area contributed by atoms with Crippen LogP contribution >= 0.6 is 0 Å². The molecule has 2 heterocycles. The third-order valence-electron chi connectivity index (χ3n) is 5.30. The van der Waals surface area contributed by atoms with E-state index >= 15 is 0 Å². The number of benzene rings is 3. The van der Waals surface area contributed by atoms with Crippen molar-refractivity contribution in [3.05, 3.63) is 90.6 Å². The van der Waals surface area contributed by atoms with E-state index in [0.29, 0.717) is 0 Å². The fourth-order valence-corrected chi connectivity index (χ4v) is 4.09. The van der Waals surface area contributed by atoms with Gasteiger partial charge in [0.25, 0.3) is 0 Å². The van der Waals surface area contributed by atoms with Crippen LogP contribution in [0.1, 0.15) is 5.69 Å². The molecule has 29 heavy (non-hydrogen) atoms. The lowest BCUT2D eigenvalue weighted by Gasteiger charge is -2.17. The Morgan fingerprint density at radius 1 is 0.759 bits per heavy atom. The van der Waals surface area contributed by atoms with Gasteiger partial charge >= 0.3 is 0 Å². The zero-order valence-electron chi connectivity index (χ0n) is 16.7. The lowest BCUT2D eigenvalue weighted by molar-refractivity contribution is 0.398. The van der Waals surface area contributed by atoms with E-state index < -0.39 is 0 Å². The van der Waals surface area contributed by atoms with Gasteiger partial charge in [0.1, 0.15) is 0 Å². The molecule has 0 aliphatic heterocycles. The standard InChI is InChI=1S/C26H23N3/c1-29(2)17-22-26-24(20-15-9-10-16-21(20)27-26)23(18-11-5-3-6-12-18)25(28-22)19-13-7-4-8-14-19/h3-16,27H,17H2,1-2H3. The van der Waals surface area contributed by atoms with Gasteiger partial charge in [-0.25, -0.2) is 4.98 Å². The van der Waals surface area contributed by atoms with Crippen molar-refractivity contribution in [3.8, 4) is 22.4 Å². The van der Waals surface area contributed by atoms with Crippen LogP contribution in [0.15, 0.2) is 84.9 Å². The average Bonchev–Trinajstić information content (AvgIpc) is 3.14. The van der Waals surface area contributed by atoms with E-state index in [-0.39, 0.29) is 0 Å². The Morgan fingerprint density at radius 2 is 1.38 bits per heavy atom. The molecule has 5 aromatic rings. The van der Waals surface area contributed by atoms with E-state index in [1.807, 2.05) is 0 Å². The van der Waals surface area contributed by atoms with Gasteiger partial charge in [-0.05, 0) is 25.7 Å². The number of nitrogens with zero attached hydrogens (tertiary/aromatic N) is 2. The first-order valence-corrected chi connectivity index (χ1v) is 9.91. The Balaban J connectivity index is 1.97. The number of hydrogen-bond acceptors (Lipinski definition) is 2. The van der Waals surface area contributed by atoms with Crippen LogP contribution in [0.5, 0.6) is 0 Å². The topological polar surface area (TPSA) is 31.9 Å². The summed E-state index contributed by atoms with van der Waals surface area (Å²) in [5, 5.41) is 2.48. The molecule has 0 unspecified atom stereocenters. The highest BCUT2D eigenvalue weighted by Gasteiger charge is 2.20. The fourth-order valence-electron chi connectivity index (χ4n) is 4.09. The predicted molar refractivity (Wildman–Crippen MR) is 122 cm³/mol. The molecule has 0 aliphatic rings. The van der Waals surface area contributed by atoms with Crippen molar-refractivity contribution >= 4 is 21.8 Å². The normalized spacial score (nSPS) is 11.6. The molecular formula is C26H23N3. The summed E-state index contributed by atoms with van der Waals surface area (Å²) in [4.78, 5) is 11.0. The summed E-state index contributed by atoms with van der Waals surface area (Å²) in [7, 11) is 4.17. The predicted octanol–water partition coefficient (Wildman–Crippen LogP) is 6.11. The van der Waals surface area contributed by atoms with Gasteiger partial charge in [-0.1, -0.05) is 78.9 Å². The van der Waals surface area contributed by atoms with Gasteiger partial charge in [0, 0.05) is 34.0 Å². The maximum atomic E-state index is 5.21. The molecule has 5 rings (SSSR count). The smallest absolute Gasteiger partial charge is 0.0792 e. The summed E-state index contributed by atoms with van der Waals surface area (Å²) in [6.07, 6.45) is 0. The maximum Gasteiger partial charge on any atom is 0.0792 e. The SMILES string of the molecule is CN(C)Cc1nc(-c2ccccc2)c(-c2ccccc2)c2c1[nH]c1ccccc12. The minimum absolute atomic E-state index is 0.776. The average molecular weight is 377 g/mol. The summed E-state index contributed by atoms with van der Waals surface area (Å²) >= 11 is 0. The Hall–Kier alpha value is -3.43. The van der Waals surface area contributed by atoms with Crippen LogP contribution in [0, 0.1) is 0 Å². The maximum absolute atomic E-state index is 5.21. The van der Waals surface area contributed by atoms with Gasteiger partial charge in [-0.15, -0.1) is 0 Å². The van der Waals surface area contributed by atoms with E-state index in [2.05, 4.69) is 109 Å². The Labute approximate surface area is 170 Å². The molecule has 3 aromatic carbocycles. The van der Waals surface area contributed by atoms with Gasteiger partial charge in [0.05, 0.1) is 16.9 Å². The first kappa shape index (κ1) is 17.7. The third kappa shape index (κ3) is 3.10. The van der Waals surface area contributed by atoms with Gasteiger partial charge < -0.3 is 9.88 Å². The molecule has 0 atom stereocenters. The zero-order valence-corrected chi connectivity index (χ0v) is 16.7. The molecule has 1 N–H and O–H groups in total. The third-order valence-corrected chi connectivity index (χ3v) is 5.30. The minimum Gasteiger partial charge on any atom is -0.353 e. The van der Waals surface area contributed by atoms with Crippen LogP contribution < -0.4 is 0 Å². The Kier molecular flexibility index (Phi) is 4.38. The second kappa shape index (κ2) is 7.19. The molecule has 0 bridgehead atoms. The van der Waals surface area contributed by atoms with Crippen molar-refractivity contribution in [1.29, 1.82) is 0 Å². The highest BCUT2D eigenvalue weighted by Crippen LogP contribution is 2.41. The van der Waals surface area contributed by atoms with Gasteiger partial charge in [-0.2, -0.15) is 0 Å². The fraction of sp³-hybridized carbons (Fsp3) is 0.115. The van der Waals surface area contributed by atoms with Crippen LogP contribution in [0.4, 0.5) is 0 Å². The van der Waals surface area contributed by atoms with Crippen LogP contribution in [-0.2, 0) is 6.54 Å². The van der Waals surface area contributed by atoms with E-state index in [9.17, 15) is 0 Å². The highest BCUT2D eigenvalue weighted by atomic mass is 15.1. The van der Waals surface area contributed by atoms with E-state index in [4.69, 9.17) is 4.98 Å². The molecular weight excluding hydrogens is 354 g/mol. The summed E-state index contributed by atoms with van der Waals surface area (Å²) < 4.78 is 0. The number of aromatic amines is 1. The van der Waals surface area contributed by atoms with Crippen LogP contribution in [0.2, 0.25) is 0 Å². The molecule has 0 spiro atoms. The van der Waals surface area contributed by atoms with Crippen molar-refractivity contribution in [2.45, 2.75) is 6.54 Å². The number of nitrogens with one attached hydrogen (secondary N) is 1.